The van der Waals surface area contributed by atoms with Crippen molar-refractivity contribution >= 4 is 28.9 Å². The Hall–Kier alpha value is -5.15. The van der Waals surface area contributed by atoms with Crippen molar-refractivity contribution in [3.63, 3.8) is 0 Å². The average molecular weight is 865 g/mol. The van der Waals surface area contributed by atoms with Gasteiger partial charge in [-0.25, -0.2) is 18.6 Å². The van der Waals surface area contributed by atoms with Crippen LogP contribution in [0.2, 0.25) is 0 Å². The minimum Gasteiger partial charge on any atom is -0.476 e. The summed E-state index contributed by atoms with van der Waals surface area (Å²) in [5, 5.41) is 21.3. The van der Waals surface area contributed by atoms with Gasteiger partial charge in [0.05, 0.1) is 28.6 Å². The lowest BCUT2D eigenvalue weighted by atomic mass is 9.88. The summed E-state index contributed by atoms with van der Waals surface area (Å²) in [7, 11) is 0. The number of carboxylic acid groups (broad SMARTS) is 1. The summed E-state index contributed by atoms with van der Waals surface area (Å²) in [4.78, 5) is 26.5. The highest BCUT2D eigenvalue weighted by molar-refractivity contribution is 5.88. The molecule has 5 aliphatic carbocycles. The van der Waals surface area contributed by atoms with Crippen LogP contribution in [-0.2, 0) is 12.1 Å². The molecule has 1 aromatic carbocycles. The molecule has 4 bridgehead atoms. The first-order chi connectivity index (χ1) is 29.2. The lowest BCUT2D eigenvalue weighted by Crippen LogP contribution is -2.24. The third-order valence-corrected chi connectivity index (χ3v) is 12.9. The van der Waals surface area contributed by atoms with Crippen LogP contribution in [0.5, 0.6) is 0 Å². The quantitative estimate of drug-likeness (QED) is 0.133. The second kappa shape index (κ2) is 16.9. The minimum atomic E-state index is -4.90. The van der Waals surface area contributed by atoms with Crippen LogP contribution in [-0.4, -0.2) is 56.3 Å². The number of aromatic nitrogens is 8. The van der Waals surface area contributed by atoms with E-state index in [2.05, 4.69) is 83.7 Å². The van der Waals surface area contributed by atoms with E-state index in [0.717, 1.165) is 34.9 Å². The molecule has 16 heteroatoms. The number of carbonyl (C=O) groups excluding carboxylic acids is 1. The molecule has 10 rings (SSSR count). The van der Waals surface area contributed by atoms with Gasteiger partial charge in [-0.15, -0.1) is 0 Å². The number of hydrogen-bond acceptors (Lipinski definition) is 6. The first-order valence-corrected chi connectivity index (χ1v) is 21.8. The molecule has 62 heavy (non-hydrogen) atoms. The van der Waals surface area contributed by atoms with Gasteiger partial charge in [0.15, 0.2) is 17.7 Å². The van der Waals surface area contributed by atoms with Crippen LogP contribution >= 0.6 is 0 Å². The summed E-state index contributed by atoms with van der Waals surface area (Å²) >= 11 is 0. The number of alkyl halides is 5. The number of halogens is 5. The third-order valence-electron chi connectivity index (χ3n) is 12.9. The summed E-state index contributed by atoms with van der Waals surface area (Å²) in [6, 6.07) is 8.85. The lowest BCUT2D eigenvalue weighted by molar-refractivity contribution is -0.146. The average Bonchev–Trinajstić information content (AvgIpc) is 4.06. The number of aromatic carboxylic acids is 1. The Bertz CT molecular complexity index is 2490. The van der Waals surface area contributed by atoms with E-state index in [1.165, 1.54) is 48.2 Å². The molecule has 0 spiro atoms. The summed E-state index contributed by atoms with van der Waals surface area (Å²) in [6.07, 6.45) is 4.51. The Morgan fingerprint density at radius 3 is 1.90 bits per heavy atom. The number of hydrogen-bond donors (Lipinski definition) is 1. The SMILES string of the molecule is C=C1CCC(F)(F)c2c(C(F)(F)F)nn(C(C)C)c21.CC(C)n1cnc2ccccc21.CC(C)n1nc(C(=O)O)c2c1C1CCC2C1.CC(C)n1nc(C=O)c2c1C1CCC2C1. The van der Waals surface area contributed by atoms with Crippen LogP contribution in [0, 0.1) is 0 Å². The van der Waals surface area contributed by atoms with Gasteiger partial charge >= 0.3 is 12.1 Å². The number of imidazole rings is 1. The monoisotopic (exact) mass is 864 g/mol. The number of carbonyl (C=O) groups is 2. The van der Waals surface area contributed by atoms with Gasteiger partial charge in [0.1, 0.15) is 5.69 Å². The second-order valence-electron chi connectivity index (χ2n) is 18.4. The molecule has 4 aromatic heterocycles. The molecule has 11 nitrogen and oxygen atoms in total. The zero-order valence-electron chi connectivity index (χ0n) is 36.7. The third kappa shape index (κ3) is 8.02. The molecule has 2 saturated carbocycles. The molecular formula is C46H57F5N8O3. The van der Waals surface area contributed by atoms with Crippen molar-refractivity contribution in [1.29, 1.82) is 0 Å². The fourth-order valence-corrected chi connectivity index (χ4v) is 10.2. The van der Waals surface area contributed by atoms with Gasteiger partial charge in [0, 0.05) is 64.9 Å². The van der Waals surface area contributed by atoms with Gasteiger partial charge in [0.2, 0.25) is 0 Å². The molecule has 5 aliphatic rings. The van der Waals surface area contributed by atoms with Crippen molar-refractivity contribution in [1.82, 2.24) is 38.9 Å². The van der Waals surface area contributed by atoms with E-state index >= 15 is 0 Å². The number of fused-ring (bicyclic) bond motifs is 12. The van der Waals surface area contributed by atoms with Crippen LogP contribution in [0.4, 0.5) is 22.0 Å². The van der Waals surface area contributed by atoms with Crippen molar-refractivity contribution in [3.8, 4) is 0 Å². The van der Waals surface area contributed by atoms with Gasteiger partial charge in [-0.2, -0.15) is 28.5 Å². The molecule has 4 atom stereocenters. The van der Waals surface area contributed by atoms with Gasteiger partial charge in [-0.05, 0) is 130 Å². The number of para-hydroxylation sites is 2. The van der Waals surface area contributed by atoms with E-state index in [-0.39, 0.29) is 23.7 Å². The number of aldehydes is 1. The number of rotatable bonds is 6. The maximum Gasteiger partial charge on any atom is 0.435 e. The molecule has 0 radical (unpaired) electrons. The van der Waals surface area contributed by atoms with E-state index in [1.807, 2.05) is 29.2 Å². The van der Waals surface area contributed by atoms with E-state index in [9.17, 15) is 36.6 Å². The summed E-state index contributed by atoms with van der Waals surface area (Å²) in [5.74, 6) is -2.08. The topological polar surface area (TPSA) is 126 Å². The standard InChI is InChI=1S/C12H13F5N2.C12H16N2O2.C12H16N2O.C10H12N2/c1-6(2)19-9-7(3)4-5-11(13,14)8(9)10(18-19)12(15,16)17;1-6(2)14-11-8-4-3-7(5-8)9(11)10(13-14)12(15)16;1-7(2)14-12-9-4-3-8(5-9)11(12)10(6-15)13-14;1-8(2)12-7-11-9-5-3-4-6-10(9)12/h6H,3-5H2,1-2H3;6-8H,3-5H2,1-2H3,(H,15,16);6-9H,3-5H2,1-2H3;3-8H,1-2H3. The Morgan fingerprint density at radius 1 is 0.806 bits per heavy atom. The van der Waals surface area contributed by atoms with E-state index in [4.69, 9.17) is 0 Å². The summed E-state index contributed by atoms with van der Waals surface area (Å²) in [5.41, 5.74) is 5.77. The van der Waals surface area contributed by atoms with Crippen LogP contribution in [0.1, 0.15) is 215 Å². The highest BCUT2D eigenvalue weighted by Crippen LogP contribution is 2.56. The van der Waals surface area contributed by atoms with Crippen LogP contribution in [0.15, 0.2) is 37.2 Å². The van der Waals surface area contributed by atoms with Crippen LogP contribution in [0.3, 0.4) is 0 Å². The number of nitrogens with zero attached hydrogens (tertiary/aromatic N) is 8. The van der Waals surface area contributed by atoms with Crippen LogP contribution in [0.25, 0.3) is 16.6 Å². The van der Waals surface area contributed by atoms with Crippen molar-refractivity contribution in [2.24, 2.45) is 0 Å². The summed E-state index contributed by atoms with van der Waals surface area (Å²) in [6.45, 7) is 19.5. The maximum absolute atomic E-state index is 13.8. The zero-order chi connectivity index (χ0) is 45.2. The highest BCUT2D eigenvalue weighted by atomic mass is 19.4. The first kappa shape index (κ1) is 44.9. The lowest BCUT2D eigenvalue weighted by Gasteiger charge is -2.26. The normalized spacial score (nSPS) is 21.4. The van der Waals surface area contributed by atoms with Crippen molar-refractivity contribution < 1.29 is 36.6 Å². The molecule has 4 unspecified atom stereocenters. The highest BCUT2D eigenvalue weighted by Gasteiger charge is 2.51. The second-order valence-corrected chi connectivity index (χ2v) is 18.4. The molecule has 0 aliphatic heterocycles. The van der Waals surface area contributed by atoms with Crippen molar-refractivity contribution in [2.75, 3.05) is 0 Å². The molecule has 0 saturated heterocycles. The van der Waals surface area contributed by atoms with Gasteiger partial charge in [-0.1, -0.05) is 18.7 Å². The molecule has 0 amide bonds. The Morgan fingerprint density at radius 2 is 1.35 bits per heavy atom. The maximum atomic E-state index is 13.8. The smallest absolute Gasteiger partial charge is 0.435 e. The molecule has 4 heterocycles. The molecule has 334 valence electrons. The molecular weight excluding hydrogens is 808 g/mol. The van der Waals surface area contributed by atoms with Crippen molar-refractivity contribution in [3.05, 3.63) is 88.0 Å². The predicted molar refractivity (Wildman–Crippen MR) is 226 cm³/mol. The number of benzene rings is 1. The van der Waals surface area contributed by atoms with Crippen molar-refractivity contribution in [2.45, 2.75) is 167 Å². The van der Waals surface area contributed by atoms with Gasteiger partial charge in [0.25, 0.3) is 5.92 Å². The largest absolute Gasteiger partial charge is 0.476 e. The molecule has 1 N–H and O–H groups in total. The number of allylic oxidation sites excluding steroid dienone is 1. The van der Waals surface area contributed by atoms with E-state index < -0.39 is 41.8 Å². The van der Waals surface area contributed by atoms with Gasteiger partial charge < -0.3 is 9.67 Å². The fourth-order valence-electron chi connectivity index (χ4n) is 10.2. The Balaban J connectivity index is 0.000000126. The minimum absolute atomic E-state index is 0.0320. The Kier molecular flexibility index (Phi) is 12.2. The zero-order valence-corrected chi connectivity index (χ0v) is 36.7. The molecule has 5 aromatic rings. The number of carboxylic acids is 1. The Labute approximate surface area is 358 Å². The predicted octanol–water partition coefficient (Wildman–Crippen LogP) is 12.2. The fraction of sp³-hybridized carbons (Fsp3) is 0.565. The van der Waals surface area contributed by atoms with Crippen LogP contribution < -0.4 is 0 Å². The molecule has 2 fully saturated rings. The summed E-state index contributed by atoms with van der Waals surface area (Å²) < 4.78 is 73.5. The van der Waals surface area contributed by atoms with Gasteiger partial charge in [-0.3, -0.25) is 18.8 Å². The van der Waals surface area contributed by atoms with E-state index in [0.29, 0.717) is 47.1 Å². The van der Waals surface area contributed by atoms with E-state index in [1.54, 1.807) is 13.8 Å². The first-order valence-electron chi connectivity index (χ1n) is 21.8.